The average molecular weight is 339 g/mol. The summed E-state index contributed by atoms with van der Waals surface area (Å²) in [5.74, 6) is 0.301. The number of nitrogens with zero attached hydrogens (tertiary/aromatic N) is 2. The first-order valence-corrected chi connectivity index (χ1v) is 8.31. The second kappa shape index (κ2) is 7.51. The molecule has 1 aliphatic heterocycles. The lowest BCUT2D eigenvalue weighted by atomic mass is 10.1. The highest BCUT2D eigenvalue weighted by molar-refractivity contribution is 5.95. The van der Waals surface area contributed by atoms with E-state index in [9.17, 15) is 9.90 Å². The van der Waals surface area contributed by atoms with Crippen LogP contribution in [0.5, 0.6) is 0 Å². The predicted molar refractivity (Wildman–Crippen MR) is 91.8 cm³/mol. The van der Waals surface area contributed by atoms with Gasteiger partial charge in [0.15, 0.2) is 0 Å². The van der Waals surface area contributed by atoms with Gasteiger partial charge in [0.05, 0.1) is 11.7 Å². The highest BCUT2D eigenvalue weighted by Gasteiger charge is 2.31. The molecule has 3 rings (SSSR count). The van der Waals surface area contributed by atoms with Crippen LogP contribution in [0.4, 0.5) is 0 Å². The second-order valence-corrected chi connectivity index (χ2v) is 6.36. The van der Waals surface area contributed by atoms with E-state index in [1.807, 2.05) is 24.3 Å². The second-order valence-electron chi connectivity index (χ2n) is 6.36. The smallest absolute Gasteiger partial charge is 0.254 e. The summed E-state index contributed by atoms with van der Waals surface area (Å²) in [6, 6.07) is 13.5. The normalized spacial score (nSPS) is 20.4. The summed E-state index contributed by atoms with van der Waals surface area (Å²) in [5.41, 5.74) is 1.56. The van der Waals surface area contributed by atoms with Crippen molar-refractivity contribution in [3.8, 4) is 6.07 Å². The van der Waals surface area contributed by atoms with Crippen LogP contribution in [0.25, 0.3) is 0 Å². The fraction of sp³-hybridized carbons (Fsp3) is 0.368. The Morgan fingerprint density at radius 2 is 2.20 bits per heavy atom. The van der Waals surface area contributed by atoms with E-state index in [0.29, 0.717) is 30.8 Å². The topological polar surface area (TPSA) is 89.5 Å². The summed E-state index contributed by atoms with van der Waals surface area (Å²) in [5, 5.41) is 21.8. The Bertz CT molecular complexity index is 779. The number of carbonyl (C=O) groups is 1. The van der Waals surface area contributed by atoms with Crippen molar-refractivity contribution in [1.29, 1.82) is 5.26 Å². The minimum absolute atomic E-state index is 0.0711. The highest BCUT2D eigenvalue weighted by atomic mass is 16.3. The molecule has 0 radical (unpaired) electrons. The predicted octanol–water partition coefficient (Wildman–Crippen LogP) is 1.82. The van der Waals surface area contributed by atoms with Crippen LogP contribution in [0, 0.1) is 18.3 Å². The molecule has 1 fully saturated rings. The zero-order valence-corrected chi connectivity index (χ0v) is 14.1. The number of aliphatic hydroxyl groups is 1. The molecular weight excluding hydrogens is 318 g/mol. The number of furan rings is 1. The van der Waals surface area contributed by atoms with Gasteiger partial charge in [-0.05, 0) is 18.9 Å². The summed E-state index contributed by atoms with van der Waals surface area (Å²) in [7, 11) is 0. The van der Waals surface area contributed by atoms with Crippen LogP contribution < -0.4 is 5.32 Å². The molecule has 0 spiro atoms. The number of aliphatic hydroxyl groups excluding tert-OH is 1. The van der Waals surface area contributed by atoms with Crippen molar-refractivity contribution < 1.29 is 14.3 Å². The van der Waals surface area contributed by atoms with Crippen LogP contribution in [0.3, 0.4) is 0 Å². The zero-order valence-electron chi connectivity index (χ0n) is 14.1. The van der Waals surface area contributed by atoms with E-state index in [2.05, 4.69) is 22.3 Å². The van der Waals surface area contributed by atoms with Gasteiger partial charge < -0.3 is 14.8 Å². The van der Waals surface area contributed by atoms with Crippen LogP contribution in [-0.4, -0.2) is 41.1 Å². The summed E-state index contributed by atoms with van der Waals surface area (Å²) in [4.78, 5) is 14.5. The Balaban J connectivity index is 1.61. The zero-order chi connectivity index (χ0) is 17.8. The standard InChI is InChI=1S/C19H21N3O3/c1-13-18(8-17(9-20)25-13)19(24)21-10-15-7-16(23)12-22(15)11-14-5-3-2-4-6-14/h2-6,8,15-16,23H,7,10-12H2,1H3,(H,21,24)/t15-,16+/m1/s1. The fourth-order valence-corrected chi connectivity index (χ4v) is 3.25. The molecule has 0 aliphatic carbocycles. The molecule has 2 aromatic rings. The van der Waals surface area contributed by atoms with Gasteiger partial charge in [0, 0.05) is 31.7 Å². The third kappa shape index (κ3) is 4.08. The molecule has 6 nitrogen and oxygen atoms in total. The Labute approximate surface area is 146 Å². The van der Waals surface area contributed by atoms with E-state index in [1.165, 1.54) is 11.6 Å². The largest absolute Gasteiger partial charge is 0.450 e. The number of nitrogens with one attached hydrogen (secondary N) is 1. The summed E-state index contributed by atoms with van der Waals surface area (Å²) >= 11 is 0. The average Bonchev–Trinajstić information content (AvgIpc) is 3.16. The van der Waals surface area contributed by atoms with Crippen LogP contribution >= 0.6 is 0 Å². The van der Waals surface area contributed by atoms with Gasteiger partial charge in [0.2, 0.25) is 5.76 Å². The maximum absolute atomic E-state index is 12.3. The van der Waals surface area contributed by atoms with E-state index in [1.54, 1.807) is 6.92 Å². The molecule has 0 unspecified atom stereocenters. The summed E-state index contributed by atoms with van der Waals surface area (Å²) in [6.07, 6.45) is 0.243. The van der Waals surface area contributed by atoms with Crippen LogP contribution in [0.2, 0.25) is 0 Å². The molecule has 2 atom stereocenters. The van der Waals surface area contributed by atoms with E-state index in [-0.39, 0.29) is 23.8 Å². The molecule has 6 heteroatoms. The number of benzene rings is 1. The van der Waals surface area contributed by atoms with Crippen molar-refractivity contribution in [2.45, 2.75) is 32.0 Å². The van der Waals surface area contributed by atoms with Gasteiger partial charge in [-0.15, -0.1) is 0 Å². The lowest BCUT2D eigenvalue weighted by Gasteiger charge is -2.24. The number of nitriles is 1. The fourth-order valence-electron chi connectivity index (χ4n) is 3.25. The Morgan fingerprint density at radius 1 is 1.44 bits per heavy atom. The number of carbonyl (C=O) groups excluding carboxylic acids is 1. The molecule has 0 saturated carbocycles. The monoisotopic (exact) mass is 339 g/mol. The van der Waals surface area contributed by atoms with Crippen LogP contribution in [0.15, 0.2) is 40.8 Å². The Kier molecular flexibility index (Phi) is 5.17. The molecule has 130 valence electrons. The van der Waals surface area contributed by atoms with E-state index in [4.69, 9.17) is 9.68 Å². The highest BCUT2D eigenvalue weighted by Crippen LogP contribution is 2.20. The third-order valence-electron chi connectivity index (χ3n) is 4.51. The number of hydrogen-bond acceptors (Lipinski definition) is 5. The van der Waals surface area contributed by atoms with Crippen molar-refractivity contribution >= 4 is 5.91 Å². The van der Waals surface area contributed by atoms with Crippen molar-refractivity contribution in [3.63, 3.8) is 0 Å². The van der Waals surface area contributed by atoms with Crippen molar-refractivity contribution in [2.24, 2.45) is 0 Å². The first kappa shape index (κ1) is 17.2. The van der Waals surface area contributed by atoms with Gasteiger partial charge in [0.1, 0.15) is 11.8 Å². The number of aryl methyl sites for hydroxylation is 1. The molecule has 1 amide bonds. The van der Waals surface area contributed by atoms with E-state index >= 15 is 0 Å². The van der Waals surface area contributed by atoms with Crippen molar-refractivity contribution in [2.75, 3.05) is 13.1 Å². The number of amides is 1. The Hall–Kier alpha value is -2.62. The molecular formula is C19H21N3O3. The molecule has 1 saturated heterocycles. The van der Waals surface area contributed by atoms with Gasteiger partial charge in [0.25, 0.3) is 5.91 Å². The quantitative estimate of drug-likeness (QED) is 0.867. The van der Waals surface area contributed by atoms with E-state index < -0.39 is 0 Å². The minimum atomic E-state index is -0.383. The minimum Gasteiger partial charge on any atom is -0.450 e. The van der Waals surface area contributed by atoms with Crippen LogP contribution in [-0.2, 0) is 6.54 Å². The lowest BCUT2D eigenvalue weighted by molar-refractivity contribution is 0.0938. The lowest BCUT2D eigenvalue weighted by Crippen LogP contribution is -2.39. The first-order chi connectivity index (χ1) is 12.1. The number of likely N-dealkylation sites (tertiary alicyclic amines) is 1. The number of rotatable bonds is 5. The molecule has 2 heterocycles. The summed E-state index contributed by atoms with van der Waals surface area (Å²) in [6.45, 7) is 3.44. The van der Waals surface area contributed by atoms with Gasteiger partial charge in [-0.3, -0.25) is 9.69 Å². The van der Waals surface area contributed by atoms with Crippen LogP contribution in [0.1, 0.15) is 33.9 Å². The van der Waals surface area contributed by atoms with Gasteiger partial charge >= 0.3 is 0 Å². The molecule has 25 heavy (non-hydrogen) atoms. The molecule has 2 N–H and O–H groups in total. The molecule has 1 aliphatic rings. The number of hydrogen-bond donors (Lipinski definition) is 2. The Morgan fingerprint density at radius 3 is 2.88 bits per heavy atom. The maximum Gasteiger partial charge on any atom is 0.254 e. The van der Waals surface area contributed by atoms with Gasteiger partial charge in [-0.1, -0.05) is 30.3 Å². The summed E-state index contributed by atoms with van der Waals surface area (Å²) < 4.78 is 5.20. The molecule has 1 aromatic heterocycles. The van der Waals surface area contributed by atoms with Crippen molar-refractivity contribution in [1.82, 2.24) is 10.2 Å². The molecule has 0 bridgehead atoms. The SMILES string of the molecule is Cc1oc(C#N)cc1C(=O)NC[C@H]1C[C@H](O)CN1Cc1ccccc1. The van der Waals surface area contributed by atoms with Gasteiger partial charge in [-0.2, -0.15) is 5.26 Å². The third-order valence-corrected chi connectivity index (χ3v) is 4.51. The van der Waals surface area contributed by atoms with E-state index in [0.717, 1.165) is 6.54 Å². The maximum atomic E-state index is 12.3. The molecule has 1 aromatic carbocycles. The van der Waals surface area contributed by atoms with Crippen molar-refractivity contribution in [3.05, 3.63) is 59.0 Å². The first-order valence-electron chi connectivity index (χ1n) is 8.31. The number of β-amino-alcohol motifs (C(OH)–C–C–N with tert-alkyl or cyclic N) is 1. The van der Waals surface area contributed by atoms with Gasteiger partial charge in [-0.25, -0.2) is 0 Å².